The summed E-state index contributed by atoms with van der Waals surface area (Å²) < 4.78 is 8.46. The number of hydrogen-bond donors (Lipinski definition) is 0. The first-order valence-electron chi connectivity index (χ1n) is 10.6. The molecule has 0 spiro atoms. The molecule has 3 aromatic heterocycles. The first kappa shape index (κ1) is 17.3. The van der Waals surface area contributed by atoms with Crippen molar-refractivity contribution in [3.8, 4) is 17.1 Å². The quantitative estimate of drug-likeness (QED) is 0.304. The molecule has 0 saturated carbocycles. The highest BCUT2D eigenvalue weighted by Crippen LogP contribution is 2.37. The van der Waals surface area contributed by atoms with Gasteiger partial charge >= 0.3 is 0 Å². The van der Waals surface area contributed by atoms with Gasteiger partial charge in [-0.25, -0.2) is 9.97 Å². The zero-order valence-corrected chi connectivity index (χ0v) is 17.1. The van der Waals surface area contributed by atoms with Gasteiger partial charge in [-0.05, 0) is 36.4 Å². The van der Waals surface area contributed by atoms with Crippen LogP contribution in [0.1, 0.15) is 0 Å². The standard InChI is InChI=1S/C28H17N3O/c1-2-10-19(11-3-1)31-27(30-24-17-18-9-4-6-15-23(18)29-28(24)31)22-14-8-13-21-20-12-5-7-16-25(20)32-26(21)22/h1-17H. The zero-order chi connectivity index (χ0) is 21.1. The molecule has 7 rings (SSSR count). The van der Waals surface area contributed by atoms with E-state index in [0.717, 1.165) is 61.1 Å². The van der Waals surface area contributed by atoms with Crippen LogP contribution < -0.4 is 0 Å². The van der Waals surface area contributed by atoms with E-state index in [1.165, 1.54) is 0 Å². The van der Waals surface area contributed by atoms with Crippen LogP contribution in [0.2, 0.25) is 0 Å². The lowest BCUT2D eigenvalue weighted by Gasteiger charge is -2.09. The van der Waals surface area contributed by atoms with Crippen LogP contribution in [-0.4, -0.2) is 14.5 Å². The topological polar surface area (TPSA) is 43.9 Å². The molecule has 0 saturated heterocycles. The van der Waals surface area contributed by atoms with Crippen molar-refractivity contribution in [3.63, 3.8) is 0 Å². The molecule has 4 heteroatoms. The third-order valence-electron chi connectivity index (χ3n) is 5.99. The number of para-hydroxylation sites is 4. The molecule has 7 aromatic rings. The molecule has 0 aliphatic heterocycles. The number of benzene rings is 4. The Morgan fingerprint density at radius 1 is 0.625 bits per heavy atom. The lowest BCUT2D eigenvalue weighted by Crippen LogP contribution is -1.99. The number of aromatic nitrogens is 3. The second kappa shape index (κ2) is 6.53. The Kier molecular flexibility index (Phi) is 3.52. The smallest absolute Gasteiger partial charge is 0.165 e. The molecule has 0 fully saturated rings. The summed E-state index contributed by atoms with van der Waals surface area (Å²) in [5, 5.41) is 3.27. The zero-order valence-electron chi connectivity index (χ0n) is 17.1. The summed E-state index contributed by atoms with van der Waals surface area (Å²) in [6, 6.07) is 34.9. The van der Waals surface area contributed by atoms with Gasteiger partial charge in [-0.3, -0.25) is 4.57 Å². The van der Waals surface area contributed by atoms with Crippen LogP contribution in [0.15, 0.2) is 108 Å². The number of pyridine rings is 1. The van der Waals surface area contributed by atoms with Crippen molar-refractivity contribution >= 4 is 44.0 Å². The van der Waals surface area contributed by atoms with Crippen LogP contribution in [0.3, 0.4) is 0 Å². The molecule has 4 nitrogen and oxygen atoms in total. The van der Waals surface area contributed by atoms with E-state index < -0.39 is 0 Å². The van der Waals surface area contributed by atoms with Crippen molar-refractivity contribution in [2.45, 2.75) is 0 Å². The summed E-state index contributed by atoms with van der Waals surface area (Å²) in [5.74, 6) is 0.818. The minimum Gasteiger partial charge on any atom is -0.455 e. The maximum Gasteiger partial charge on any atom is 0.165 e. The molecule has 0 bridgehead atoms. The molecule has 0 N–H and O–H groups in total. The Morgan fingerprint density at radius 3 is 2.34 bits per heavy atom. The highest BCUT2D eigenvalue weighted by atomic mass is 16.3. The Balaban J connectivity index is 1.63. The van der Waals surface area contributed by atoms with Gasteiger partial charge in [0.05, 0.1) is 11.1 Å². The van der Waals surface area contributed by atoms with Crippen LogP contribution in [0.25, 0.3) is 61.1 Å². The lowest BCUT2D eigenvalue weighted by molar-refractivity contribution is 0.669. The molecule has 0 radical (unpaired) electrons. The van der Waals surface area contributed by atoms with E-state index in [1.807, 2.05) is 54.6 Å². The average molecular weight is 411 g/mol. The van der Waals surface area contributed by atoms with Gasteiger partial charge in [-0.15, -0.1) is 0 Å². The van der Waals surface area contributed by atoms with E-state index in [-0.39, 0.29) is 0 Å². The van der Waals surface area contributed by atoms with E-state index >= 15 is 0 Å². The van der Waals surface area contributed by atoms with Crippen molar-refractivity contribution in [1.29, 1.82) is 0 Å². The minimum absolute atomic E-state index is 0.818. The normalized spacial score (nSPS) is 11.8. The van der Waals surface area contributed by atoms with Crippen LogP contribution in [0.5, 0.6) is 0 Å². The molecule has 4 aromatic carbocycles. The van der Waals surface area contributed by atoms with Gasteiger partial charge in [-0.2, -0.15) is 0 Å². The molecule has 0 aliphatic rings. The van der Waals surface area contributed by atoms with Crippen LogP contribution in [-0.2, 0) is 0 Å². The van der Waals surface area contributed by atoms with Gasteiger partial charge in [0, 0.05) is 21.8 Å². The third kappa shape index (κ3) is 2.44. The molecule has 0 amide bonds. The van der Waals surface area contributed by atoms with Crippen LogP contribution >= 0.6 is 0 Å². The number of imidazole rings is 1. The van der Waals surface area contributed by atoms with E-state index in [9.17, 15) is 0 Å². The fourth-order valence-corrected chi connectivity index (χ4v) is 4.53. The molecular weight excluding hydrogens is 394 g/mol. The van der Waals surface area contributed by atoms with Gasteiger partial charge < -0.3 is 4.42 Å². The highest BCUT2D eigenvalue weighted by Gasteiger charge is 2.20. The highest BCUT2D eigenvalue weighted by molar-refractivity contribution is 6.09. The number of nitrogens with zero attached hydrogens (tertiary/aromatic N) is 3. The Morgan fingerprint density at radius 2 is 1.41 bits per heavy atom. The van der Waals surface area contributed by atoms with Gasteiger partial charge in [0.1, 0.15) is 16.7 Å². The summed E-state index contributed by atoms with van der Waals surface area (Å²) >= 11 is 0. The van der Waals surface area contributed by atoms with Gasteiger partial charge in [0.15, 0.2) is 11.5 Å². The Bertz CT molecular complexity index is 1780. The first-order chi connectivity index (χ1) is 15.9. The summed E-state index contributed by atoms with van der Waals surface area (Å²) in [4.78, 5) is 10.1. The molecule has 0 unspecified atom stereocenters. The van der Waals surface area contributed by atoms with E-state index in [0.29, 0.717) is 0 Å². The largest absolute Gasteiger partial charge is 0.455 e. The van der Waals surface area contributed by atoms with Crippen molar-refractivity contribution < 1.29 is 4.42 Å². The van der Waals surface area contributed by atoms with Crippen molar-refractivity contribution in [2.24, 2.45) is 0 Å². The number of hydrogen-bond acceptors (Lipinski definition) is 3. The van der Waals surface area contributed by atoms with Gasteiger partial charge in [0.2, 0.25) is 0 Å². The number of rotatable bonds is 2. The molecule has 150 valence electrons. The average Bonchev–Trinajstić information content (AvgIpc) is 3.41. The Hall–Kier alpha value is -4.44. The van der Waals surface area contributed by atoms with Crippen molar-refractivity contribution in [1.82, 2.24) is 14.5 Å². The predicted octanol–water partition coefficient (Wildman–Crippen LogP) is 7.14. The second-order valence-corrected chi connectivity index (χ2v) is 7.91. The van der Waals surface area contributed by atoms with E-state index in [2.05, 4.69) is 53.1 Å². The maximum atomic E-state index is 6.33. The van der Waals surface area contributed by atoms with Gasteiger partial charge in [-0.1, -0.05) is 66.7 Å². The SMILES string of the molecule is c1ccc(-n2c(-c3cccc4c3oc3ccccc34)nc3cc4ccccc4nc32)cc1. The molecule has 3 heterocycles. The van der Waals surface area contributed by atoms with Crippen LogP contribution in [0.4, 0.5) is 0 Å². The Labute approximate surface area is 183 Å². The summed E-state index contributed by atoms with van der Waals surface area (Å²) in [5.41, 5.74) is 6.32. The van der Waals surface area contributed by atoms with E-state index in [1.54, 1.807) is 0 Å². The fraction of sp³-hybridized carbons (Fsp3) is 0. The first-order valence-corrected chi connectivity index (χ1v) is 10.6. The van der Waals surface area contributed by atoms with Gasteiger partial charge in [0.25, 0.3) is 0 Å². The summed E-state index contributed by atoms with van der Waals surface area (Å²) in [6.07, 6.45) is 0. The van der Waals surface area contributed by atoms with Crippen molar-refractivity contribution in [3.05, 3.63) is 103 Å². The summed E-state index contributed by atoms with van der Waals surface area (Å²) in [7, 11) is 0. The number of fused-ring (bicyclic) bond motifs is 5. The molecule has 32 heavy (non-hydrogen) atoms. The fourth-order valence-electron chi connectivity index (χ4n) is 4.53. The number of furan rings is 1. The maximum absolute atomic E-state index is 6.33. The van der Waals surface area contributed by atoms with Crippen LogP contribution in [0, 0.1) is 0 Å². The van der Waals surface area contributed by atoms with E-state index in [4.69, 9.17) is 14.4 Å². The molecular formula is C28H17N3O. The third-order valence-corrected chi connectivity index (χ3v) is 5.99. The summed E-state index contributed by atoms with van der Waals surface area (Å²) in [6.45, 7) is 0. The monoisotopic (exact) mass is 411 g/mol. The second-order valence-electron chi connectivity index (χ2n) is 7.91. The lowest BCUT2D eigenvalue weighted by atomic mass is 10.1. The predicted molar refractivity (Wildman–Crippen MR) is 129 cm³/mol. The molecule has 0 aliphatic carbocycles. The molecule has 0 atom stereocenters. The minimum atomic E-state index is 0.818. The van der Waals surface area contributed by atoms with Crippen molar-refractivity contribution in [2.75, 3.05) is 0 Å².